The van der Waals surface area contributed by atoms with Crippen molar-refractivity contribution in [3.8, 4) is 0 Å². The number of benzene rings is 1. The van der Waals surface area contributed by atoms with E-state index in [4.69, 9.17) is 4.74 Å². The number of carbonyl (C=O) groups excluding carboxylic acids is 1. The zero-order valence-electron chi connectivity index (χ0n) is 12.8. The van der Waals surface area contributed by atoms with Crippen molar-refractivity contribution in [3.63, 3.8) is 0 Å². The molecule has 0 aliphatic carbocycles. The second-order valence-electron chi connectivity index (χ2n) is 4.95. The molecule has 0 aliphatic rings. The van der Waals surface area contributed by atoms with Crippen molar-refractivity contribution in [2.24, 2.45) is 0 Å². The van der Waals surface area contributed by atoms with Crippen LogP contribution in [0.3, 0.4) is 0 Å². The quantitative estimate of drug-likeness (QED) is 0.532. The lowest BCUT2D eigenvalue weighted by Gasteiger charge is -2.32. The first-order valence-electron chi connectivity index (χ1n) is 7.24. The monoisotopic (exact) mass is 318 g/mol. The molecule has 1 aromatic rings. The third kappa shape index (κ3) is 4.00. The zero-order valence-corrected chi connectivity index (χ0v) is 12.8. The highest BCUT2D eigenvalue weighted by molar-refractivity contribution is 5.82. The number of ether oxygens (including phenoxy) is 2. The van der Waals surface area contributed by atoms with Crippen LogP contribution in [0.2, 0.25) is 0 Å². The molecule has 0 aliphatic heterocycles. The Balaban J connectivity index is 2.94. The van der Waals surface area contributed by atoms with Crippen molar-refractivity contribution >= 4 is 5.97 Å². The van der Waals surface area contributed by atoms with E-state index in [-0.39, 0.29) is 12.2 Å². The molecule has 124 valence electrons. The summed E-state index contributed by atoms with van der Waals surface area (Å²) >= 11 is 0. The maximum Gasteiger partial charge on any atom is 0.432 e. The number of methoxy groups -OCH3 is 1. The fourth-order valence-corrected chi connectivity index (χ4v) is 2.18. The Bertz CT molecular complexity index is 459. The maximum atomic E-state index is 13.5. The van der Waals surface area contributed by atoms with Gasteiger partial charge >= 0.3 is 12.1 Å². The fraction of sp³-hybridized carbons (Fsp3) is 0.562. The Labute approximate surface area is 128 Å². The summed E-state index contributed by atoms with van der Waals surface area (Å²) in [5, 5.41) is 0. The van der Waals surface area contributed by atoms with Gasteiger partial charge in [0.05, 0.1) is 6.61 Å². The molecule has 1 rings (SSSR count). The minimum atomic E-state index is -4.91. The third-order valence-electron chi connectivity index (χ3n) is 3.40. The van der Waals surface area contributed by atoms with Crippen LogP contribution in [0.4, 0.5) is 13.2 Å². The van der Waals surface area contributed by atoms with Crippen molar-refractivity contribution in [1.29, 1.82) is 0 Å². The second-order valence-corrected chi connectivity index (χ2v) is 4.95. The summed E-state index contributed by atoms with van der Waals surface area (Å²) in [6.07, 6.45) is -1.63. The predicted molar refractivity (Wildman–Crippen MR) is 76.3 cm³/mol. The highest BCUT2D eigenvalue weighted by atomic mass is 19.4. The number of alkyl halides is 3. The van der Waals surface area contributed by atoms with E-state index in [1.165, 1.54) is 24.3 Å². The standard InChI is InChI=1S/C16H21F3O3/c1-3-4-5-9-12-22-14(20)15(21-2,16(17,18)19)13-10-7-6-8-11-13/h6-8,10-11H,3-5,9,12H2,1-2H3/t15-/m1/s1. The van der Waals surface area contributed by atoms with Gasteiger partial charge in [0, 0.05) is 12.7 Å². The van der Waals surface area contributed by atoms with E-state index in [9.17, 15) is 18.0 Å². The molecule has 0 bridgehead atoms. The smallest absolute Gasteiger partial charge is 0.432 e. The Morgan fingerprint density at radius 1 is 1.09 bits per heavy atom. The van der Waals surface area contributed by atoms with E-state index in [0.717, 1.165) is 26.4 Å². The highest BCUT2D eigenvalue weighted by Crippen LogP contribution is 2.42. The van der Waals surface area contributed by atoms with Gasteiger partial charge in [-0.3, -0.25) is 0 Å². The number of esters is 1. The second kappa shape index (κ2) is 8.17. The van der Waals surface area contributed by atoms with Crippen molar-refractivity contribution < 1.29 is 27.4 Å². The molecule has 0 fully saturated rings. The van der Waals surface area contributed by atoms with Gasteiger partial charge in [0.25, 0.3) is 5.60 Å². The lowest BCUT2D eigenvalue weighted by molar-refractivity contribution is -0.276. The van der Waals surface area contributed by atoms with Crippen LogP contribution in [-0.4, -0.2) is 25.9 Å². The van der Waals surface area contributed by atoms with Crippen LogP contribution in [0.25, 0.3) is 0 Å². The SMILES string of the molecule is CCCCCCOC(=O)[C@](OC)(c1ccccc1)C(F)(F)F. The van der Waals surface area contributed by atoms with Crippen molar-refractivity contribution in [1.82, 2.24) is 0 Å². The predicted octanol–water partition coefficient (Wildman–Crippen LogP) is 4.21. The first-order chi connectivity index (χ1) is 10.4. The molecular weight excluding hydrogens is 297 g/mol. The first-order valence-corrected chi connectivity index (χ1v) is 7.24. The van der Waals surface area contributed by atoms with Gasteiger partial charge in [0.1, 0.15) is 0 Å². The molecule has 22 heavy (non-hydrogen) atoms. The van der Waals surface area contributed by atoms with Crippen LogP contribution in [0.1, 0.15) is 38.2 Å². The highest BCUT2D eigenvalue weighted by Gasteiger charge is 2.64. The van der Waals surface area contributed by atoms with Gasteiger partial charge < -0.3 is 9.47 Å². The molecule has 0 unspecified atom stereocenters. The van der Waals surface area contributed by atoms with E-state index in [1.807, 2.05) is 6.92 Å². The molecule has 0 amide bonds. The van der Waals surface area contributed by atoms with Crippen molar-refractivity contribution in [2.75, 3.05) is 13.7 Å². The van der Waals surface area contributed by atoms with Crippen LogP contribution in [0.15, 0.2) is 30.3 Å². The van der Waals surface area contributed by atoms with E-state index in [0.29, 0.717) is 6.42 Å². The molecule has 6 heteroatoms. The third-order valence-corrected chi connectivity index (χ3v) is 3.40. The number of hydrogen-bond acceptors (Lipinski definition) is 3. The lowest BCUT2D eigenvalue weighted by Crippen LogP contribution is -2.51. The number of hydrogen-bond donors (Lipinski definition) is 0. The van der Waals surface area contributed by atoms with Crippen LogP contribution in [-0.2, 0) is 19.9 Å². The van der Waals surface area contributed by atoms with Crippen molar-refractivity contribution in [3.05, 3.63) is 35.9 Å². The van der Waals surface area contributed by atoms with Gasteiger partial charge in [-0.1, -0.05) is 56.5 Å². The summed E-state index contributed by atoms with van der Waals surface area (Å²) in [6.45, 7) is 1.97. The largest absolute Gasteiger partial charge is 0.463 e. The topological polar surface area (TPSA) is 35.5 Å². The van der Waals surface area contributed by atoms with E-state index < -0.39 is 17.7 Å². The Hall–Kier alpha value is -1.56. The molecular formula is C16H21F3O3. The van der Waals surface area contributed by atoms with Crippen molar-refractivity contribution in [2.45, 2.75) is 44.4 Å². The summed E-state index contributed by atoms with van der Waals surface area (Å²) in [5.74, 6) is -1.43. The summed E-state index contributed by atoms with van der Waals surface area (Å²) < 4.78 is 50.0. The summed E-state index contributed by atoms with van der Waals surface area (Å²) in [7, 11) is 0.860. The van der Waals surface area contributed by atoms with Crippen LogP contribution < -0.4 is 0 Å². The Morgan fingerprint density at radius 3 is 2.23 bits per heavy atom. The molecule has 1 atom stereocenters. The maximum absolute atomic E-state index is 13.5. The molecule has 1 aromatic carbocycles. The molecule has 3 nitrogen and oxygen atoms in total. The van der Waals surface area contributed by atoms with Crippen LogP contribution in [0, 0.1) is 0 Å². The van der Waals surface area contributed by atoms with Gasteiger partial charge in [0.2, 0.25) is 0 Å². The van der Waals surface area contributed by atoms with E-state index in [2.05, 4.69) is 4.74 Å². The average molecular weight is 318 g/mol. The minimum absolute atomic E-state index is 0.0488. The molecule has 0 heterocycles. The first kappa shape index (κ1) is 18.5. The molecule has 0 saturated carbocycles. The number of halogens is 3. The van der Waals surface area contributed by atoms with E-state index >= 15 is 0 Å². The summed E-state index contributed by atoms with van der Waals surface area (Å²) in [6, 6.07) is 6.81. The Morgan fingerprint density at radius 2 is 1.73 bits per heavy atom. The summed E-state index contributed by atoms with van der Waals surface area (Å²) in [5.41, 5.74) is -3.37. The lowest BCUT2D eigenvalue weighted by atomic mass is 9.93. The zero-order chi connectivity index (χ0) is 16.6. The van der Waals surface area contributed by atoms with Gasteiger partial charge in [-0.05, 0) is 6.42 Å². The Kier molecular flexibility index (Phi) is 6.87. The van der Waals surface area contributed by atoms with Crippen LogP contribution in [0.5, 0.6) is 0 Å². The van der Waals surface area contributed by atoms with E-state index in [1.54, 1.807) is 6.07 Å². The molecule has 0 aromatic heterocycles. The minimum Gasteiger partial charge on any atom is -0.463 e. The average Bonchev–Trinajstić information content (AvgIpc) is 2.48. The number of unbranched alkanes of at least 4 members (excludes halogenated alkanes) is 3. The number of rotatable bonds is 8. The van der Waals surface area contributed by atoms with Gasteiger partial charge in [-0.15, -0.1) is 0 Å². The molecule has 0 N–H and O–H groups in total. The molecule has 0 radical (unpaired) electrons. The molecule has 0 spiro atoms. The molecule has 0 saturated heterocycles. The van der Waals surface area contributed by atoms with Gasteiger partial charge in [-0.25, -0.2) is 4.79 Å². The number of carbonyl (C=O) groups is 1. The van der Waals surface area contributed by atoms with Gasteiger partial charge in [0.15, 0.2) is 0 Å². The summed E-state index contributed by atoms with van der Waals surface area (Å²) in [4.78, 5) is 12.1. The fourth-order valence-electron chi connectivity index (χ4n) is 2.18. The van der Waals surface area contributed by atoms with Gasteiger partial charge in [-0.2, -0.15) is 13.2 Å². The van der Waals surface area contributed by atoms with Crippen LogP contribution >= 0.6 is 0 Å². The normalized spacial score (nSPS) is 14.4.